The van der Waals surface area contributed by atoms with Crippen molar-refractivity contribution in [2.24, 2.45) is 5.92 Å². The second kappa shape index (κ2) is 6.14. The number of anilines is 1. The van der Waals surface area contributed by atoms with Crippen LogP contribution in [0.15, 0.2) is 6.33 Å². The van der Waals surface area contributed by atoms with E-state index in [0.29, 0.717) is 5.92 Å². The molecular formula is C14H24N4. The average molecular weight is 248 g/mol. The fraction of sp³-hybridized carbons (Fsp3) is 0.714. The monoisotopic (exact) mass is 248 g/mol. The van der Waals surface area contributed by atoms with Crippen LogP contribution in [-0.4, -0.2) is 37.2 Å². The first-order valence-corrected chi connectivity index (χ1v) is 6.91. The molecule has 4 heteroatoms. The molecule has 100 valence electrons. The molecule has 18 heavy (non-hydrogen) atoms. The van der Waals surface area contributed by atoms with Crippen LogP contribution < -0.4 is 10.2 Å². The summed E-state index contributed by atoms with van der Waals surface area (Å²) in [5.74, 6) is 1.76. The number of nitrogens with one attached hydrogen (secondary N) is 1. The van der Waals surface area contributed by atoms with E-state index in [9.17, 15) is 0 Å². The molecule has 0 saturated heterocycles. The molecule has 1 aromatic rings. The zero-order chi connectivity index (χ0) is 13.0. The summed E-state index contributed by atoms with van der Waals surface area (Å²) in [6, 6.07) is 0. The number of fused-ring (bicyclic) bond motifs is 1. The van der Waals surface area contributed by atoms with E-state index in [1.807, 2.05) is 7.05 Å². The Bertz CT molecular complexity index is 391. The summed E-state index contributed by atoms with van der Waals surface area (Å²) in [6.45, 7) is 4.34. The van der Waals surface area contributed by atoms with Gasteiger partial charge in [-0.15, -0.1) is 0 Å². The fourth-order valence-electron chi connectivity index (χ4n) is 2.80. The number of hydrogen-bond donors (Lipinski definition) is 1. The van der Waals surface area contributed by atoms with E-state index in [4.69, 9.17) is 0 Å². The van der Waals surface area contributed by atoms with Crippen LogP contribution in [0.1, 0.15) is 31.0 Å². The zero-order valence-electron chi connectivity index (χ0n) is 11.7. The summed E-state index contributed by atoms with van der Waals surface area (Å²) in [4.78, 5) is 11.2. The van der Waals surface area contributed by atoms with Crippen molar-refractivity contribution in [1.29, 1.82) is 0 Å². The van der Waals surface area contributed by atoms with Crippen molar-refractivity contribution in [1.82, 2.24) is 15.3 Å². The lowest BCUT2D eigenvalue weighted by atomic mass is 9.96. The summed E-state index contributed by atoms with van der Waals surface area (Å²) in [5.41, 5.74) is 2.64. The van der Waals surface area contributed by atoms with Crippen LogP contribution in [-0.2, 0) is 12.8 Å². The molecule has 1 N–H and O–H groups in total. The summed E-state index contributed by atoms with van der Waals surface area (Å²) >= 11 is 0. The van der Waals surface area contributed by atoms with E-state index in [2.05, 4.69) is 34.2 Å². The molecule has 1 aliphatic carbocycles. The van der Waals surface area contributed by atoms with E-state index >= 15 is 0 Å². The van der Waals surface area contributed by atoms with Crippen LogP contribution in [0.2, 0.25) is 0 Å². The van der Waals surface area contributed by atoms with Crippen molar-refractivity contribution in [3.8, 4) is 0 Å². The highest BCUT2D eigenvalue weighted by atomic mass is 15.2. The Hall–Kier alpha value is -1.16. The van der Waals surface area contributed by atoms with Crippen molar-refractivity contribution in [2.75, 3.05) is 32.1 Å². The SMILES string of the molecule is CNCC(C)CN(C)c1ncnc2c1CCCC2. The van der Waals surface area contributed by atoms with Crippen LogP contribution in [0, 0.1) is 5.92 Å². The molecule has 0 bridgehead atoms. The molecular weight excluding hydrogens is 224 g/mol. The molecule has 0 amide bonds. The van der Waals surface area contributed by atoms with Crippen molar-refractivity contribution in [2.45, 2.75) is 32.6 Å². The molecule has 2 rings (SSSR count). The van der Waals surface area contributed by atoms with Gasteiger partial charge in [-0.1, -0.05) is 6.92 Å². The first kappa shape index (κ1) is 13.3. The van der Waals surface area contributed by atoms with E-state index in [-0.39, 0.29) is 0 Å². The maximum Gasteiger partial charge on any atom is 0.135 e. The summed E-state index contributed by atoms with van der Waals surface area (Å²) in [6.07, 6.45) is 6.51. The van der Waals surface area contributed by atoms with Crippen LogP contribution in [0.25, 0.3) is 0 Å². The van der Waals surface area contributed by atoms with Gasteiger partial charge in [-0.25, -0.2) is 9.97 Å². The van der Waals surface area contributed by atoms with Gasteiger partial charge in [-0.05, 0) is 45.2 Å². The quantitative estimate of drug-likeness (QED) is 0.860. The molecule has 0 aromatic carbocycles. The largest absolute Gasteiger partial charge is 0.359 e. The lowest BCUT2D eigenvalue weighted by Gasteiger charge is -2.26. The van der Waals surface area contributed by atoms with Gasteiger partial charge in [0.25, 0.3) is 0 Å². The topological polar surface area (TPSA) is 41.0 Å². The average Bonchev–Trinajstić information content (AvgIpc) is 2.38. The van der Waals surface area contributed by atoms with Crippen molar-refractivity contribution < 1.29 is 0 Å². The minimum atomic E-state index is 0.620. The number of hydrogen-bond acceptors (Lipinski definition) is 4. The van der Waals surface area contributed by atoms with Crippen molar-refractivity contribution in [3.05, 3.63) is 17.6 Å². The van der Waals surface area contributed by atoms with Gasteiger partial charge in [0.1, 0.15) is 12.1 Å². The van der Waals surface area contributed by atoms with Gasteiger partial charge in [0, 0.05) is 24.8 Å². The van der Waals surface area contributed by atoms with E-state index < -0.39 is 0 Å². The van der Waals surface area contributed by atoms with E-state index in [1.54, 1.807) is 6.33 Å². The Morgan fingerprint density at radius 1 is 1.33 bits per heavy atom. The Morgan fingerprint density at radius 2 is 2.11 bits per heavy atom. The molecule has 1 atom stereocenters. The Labute approximate surface area is 110 Å². The normalized spacial score (nSPS) is 16.2. The van der Waals surface area contributed by atoms with Gasteiger partial charge in [0.05, 0.1) is 0 Å². The van der Waals surface area contributed by atoms with E-state index in [0.717, 1.165) is 31.7 Å². The molecule has 4 nitrogen and oxygen atoms in total. The Kier molecular flexibility index (Phi) is 4.53. The summed E-state index contributed by atoms with van der Waals surface area (Å²) < 4.78 is 0. The first-order chi connectivity index (χ1) is 8.72. The molecule has 1 heterocycles. The maximum atomic E-state index is 4.50. The molecule has 1 aliphatic rings. The fourth-order valence-corrected chi connectivity index (χ4v) is 2.80. The molecule has 0 radical (unpaired) electrons. The molecule has 0 aliphatic heterocycles. The number of rotatable bonds is 5. The number of aryl methyl sites for hydroxylation is 1. The van der Waals surface area contributed by atoms with Gasteiger partial charge in [0.15, 0.2) is 0 Å². The second-order valence-electron chi connectivity index (χ2n) is 5.37. The van der Waals surface area contributed by atoms with Crippen LogP contribution in [0.3, 0.4) is 0 Å². The molecule has 0 fully saturated rings. The predicted molar refractivity (Wildman–Crippen MR) is 75.0 cm³/mol. The molecule has 1 aromatic heterocycles. The minimum absolute atomic E-state index is 0.620. The molecule has 0 saturated carbocycles. The van der Waals surface area contributed by atoms with Gasteiger partial charge in [-0.2, -0.15) is 0 Å². The predicted octanol–water partition coefficient (Wildman–Crippen LogP) is 1.65. The van der Waals surface area contributed by atoms with Crippen LogP contribution in [0.5, 0.6) is 0 Å². The lowest BCUT2D eigenvalue weighted by molar-refractivity contribution is 0.538. The zero-order valence-corrected chi connectivity index (χ0v) is 11.7. The highest BCUT2D eigenvalue weighted by Gasteiger charge is 2.18. The Morgan fingerprint density at radius 3 is 2.89 bits per heavy atom. The highest BCUT2D eigenvalue weighted by molar-refractivity contribution is 5.48. The van der Waals surface area contributed by atoms with Crippen molar-refractivity contribution in [3.63, 3.8) is 0 Å². The van der Waals surface area contributed by atoms with Gasteiger partial charge < -0.3 is 10.2 Å². The minimum Gasteiger partial charge on any atom is -0.359 e. The van der Waals surface area contributed by atoms with Crippen LogP contribution in [0.4, 0.5) is 5.82 Å². The highest BCUT2D eigenvalue weighted by Crippen LogP contribution is 2.26. The van der Waals surface area contributed by atoms with E-state index in [1.165, 1.54) is 24.1 Å². The summed E-state index contributed by atoms with van der Waals surface area (Å²) in [5, 5.41) is 3.23. The van der Waals surface area contributed by atoms with Crippen molar-refractivity contribution >= 4 is 5.82 Å². The second-order valence-corrected chi connectivity index (χ2v) is 5.37. The smallest absolute Gasteiger partial charge is 0.135 e. The van der Waals surface area contributed by atoms with Gasteiger partial charge in [0.2, 0.25) is 0 Å². The third-order valence-corrected chi connectivity index (χ3v) is 3.60. The lowest BCUT2D eigenvalue weighted by Crippen LogP contribution is -2.31. The number of aromatic nitrogens is 2. The third kappa shape index (κ3) is 2.99. The molecule has 0 spiro atoms. The van der Waals surface area contributed by atoms with Gasteiger partial charge >= 0.3 is 0 Å². The summed E-state index contributed by atoms with van der Waals surface area (Å²) in [7, 11) is 4.15. The maximum absolute atomic E-state index is 4.50. The third-order valence-electron chi connectivity index (χ3n) is 3.60. The first-order valence-electron chi connectivity index (χ1n) is 6.91. The standard InChI is InChI=1S/C14H24N4/c1-11(8-15-2)9-18(3)14-12-6-4-5-7-13(12)16-10-17-14/h10-11,15H,4-9H2,1-3H3. The molecule has 1 unspecified atom stereocenters. The van der Waals surface area contributed by atoms with Crippen LogP contribution >= 0.6 is 0 Å². The Balaban J connectivity index is 2.12. The number of nitrogens with zero attached hydrogens (tertiary/aromatic N) is 3. The van der Waals surface area contributed by atoms with Gasteiger partial charge in [-0.3, -0.25) is 0 Å².